The number of anilines is 2. The molecule has 0 saturated heterocycles. The molecular weight excluding hydrogens is 258 g/mol. The smallest absolute Gasteiger partial charge is 0.161 e. The van der Waals surface area contributed by atoms with Crippen LogP contribution in [0, 0.1) is 13.8 Å². The summed E-state index contributed by atoms with van der Waals surface area (Å²) in [6, 6.07) is 11.4. The van der Waals surface area contributed by atoms with Gasteiger partial charge in [0.15, 0.2) is 5.78 Å². The zero-order valence-electron chi connectivity index (χ0n) is 11.3. The van der Waals surface area contributed by atoms with Gasteiger partial charge in [-0.25, -0.2) is 0 Å². The van der Waals surface area contributed by atoms with Gasteiger partial charge in [-0.3, -0.25) is 4.79 Å². The number of Topliss-reactive ketones (excluding diaryl/α,β-unsaturated/α-hetero) is 1. The van der Waals surface area contributed by atoms with Crippen LogP contribution in [-0.2, 0) is 0 Å². The summed E-state index contributed by atoms with van der Waals surface area (Å²) in [5.74, 6) is 0.0320. The third kappa shape index (κ3) is 2.79. The van der Waals surface area contributed by atoms with Gasteiger partial charge in [0, 0.05) is 11.3 Å². The van der Waals surface area contributed by atoms with Gasteiger partial charge in [-0.15, -0.1) is 0 Å². The van der Waals surface area contributed by atoms with Gasteiger partial charge in [0.05, 0.1) is 10.7 Å². The third-order valence-corrected chi connectivity index (χ3v) is 3.60. The fraction of sp³-hybridized carbons (Fsp3) is 0.188. The van der Waals surface area contributed by atoms with Crippen LogP contribution in [0.15, 0.2) is 36.4 Å². The highest BCUT2D eigenvalue weighted by molar-refractivity contribution is 6.34. The van der Waals surface area contributed by atoms with Crippen LogP contribution >= 0.6 is 11.6 Å². The highest BCUT2D eigenvalue weighted by Crippen LogP contribution is 2.32. The van der Waals surface area contributed by atoms with E-state index in [1.165, 1.54) is 0 Å². The number of rotatable bonds is 3. The number of para-hydroxylation sites is 1. The molecule has 0 spiro atoms. The molecule has 0 heterocycles. The second-order valence-electron chi connectivity index (χ2n) is 4.62. The molecule has 19 heavy (non-hydrogen) atoms. The van der Waals surface area contributed by atoms with Crippen molar-refractivity contribution in [2.75, 3.05) is 5.32 Å². The first kappa shape index (κ1) is 13.6. The minimum Gasteiger partial charge on any atom is -0.353 e. The average molecular weight is 274 g/mol. The number of carbonyl (C=O) groups is 1. The van der Waals surface area contributed by atoms with E-state index in [0.29, 0.717) is 10.6 Å². The van der Waals surface area contributed by atoms with E-state index in [9.17, 15) is 4.79 Å². The first-order chi connectivity index (χ1) is 9.00. The Hall–Kier alpha value is -1.80. The van der Waals surface area contributed by atoms with E-state index in [4.69, 9.17) is 11.6 Å². The van der Waals surface area contributed by atoms with E-state index in [2.05, 4.69) is 5.32 Å². The lowest BCUT2D eigenvalue weighted by atomic mass is 10.1. The van der Waals surface area contributed by atoms with Crippen molar-refractivity contribution in [3.63, 3.8) is 0 Å². The first-order valence-electron chi connectivity index (χ1n) is 6.13. The largest absolute Gasteiger partial charge is 0.353 e. The first-order valence-corrected chi connectivity index (χ1v) is 6.51. The quantitative estimate of drug-likeness (QED) is 0.806. The van der Waals surface area contributed by atoms with E-state index in [-0.39, 0.29) is 5.78 Å². The van der Waals surface area contributed by atoms with Crippen LogP contribution in [-0.4, -0.2) is 5.78 Å². The summed E-state index contributed by atoms with van der Waals surface area (Å²) in [5.41, 5.74) is 4.37. The standard InChI is InChI=1S/C16H16ClNO/c1-10-8-9-11(2)16(15(10)17)18-14-7-5-4-6-13(14)12(3)19/h4-9,18H,1-3H3. The zero-order chi connectivity index (χ0) is 14.0. The van der Waals surface area contributed by atoms with Crippen molar-refractivity contribution >= 4 is 28.8 Å². The number of hydrogen-bond acceptors (Lipinski definition) is 2. The predicted octanol–water partition coefficient (Wildman–Crippen LogP) is 4.90. The molecule has 0 unspecified atom stereocenters. The van der Waals surface area contributed by atoms with Crippen molar-refractivity contribution in [2.45, 2.75) is 20.8 Å². The molecule has 0 aliphatic rings. The highest BCUT2D eigenvalue weighted by atomic mass is 35.5. The fourth-order valence-electron chi connectivity index (χ4n) is 1.96. The Morgan fingerprint density at radius 2 is 1.68 bits per heavy atom. The lowest BCUT2D eigenvalue weighted by Crippen LogP contribution is -2.02. The van der Waals surface area contributed by atoms with Crippen LogP contribution in [0.1, 0.15) is 28.4 Å². The molecule has 0 aliphatic heterocycles. The molecule has 0 saturated carbocycles. The summed E-state index contributed by atoms with van der Waals surface area (Å²) in [7, 11) is 0. The van der Waals surface area contributed by atoms with Crippen LogP contribution in [0.25, 0.3) is 0 Å². The summed E-state index contributed by atoms with van der Waals surface area (Å²) in [6.07, 6.45) is 0. The van der Waals surface area contributed by atoms with Crippen molar-refractivity contribution in [3.8, 4) is 0 Å². The highest BCUT2D eigenvalue weighted by Gasteiger charge is 2.11. The lowest BCUT2D eigenvalue weighted by Gasteiger charge is -2.15. The number of nitrogens with one attached hydrogen (secondary N) is 1. The molecule has 98 valence electrons. The van der Waals surface area contributed by atoms with Gasteiger partial charge in [0.1, 0.15) is 0 Å². The minimum atomic E-state index is 0.0320. The topological polar surface area (TPSA) is 29.1 Å². The van der Waals surface area contributed by atoms with E-state index in [1.54, 1.807) is 6.92 Å². The van der Waals surface area contributed by atoms with Crippen molar-refractivity contribution in [1.29, 1.82) is 0 Å². The molecule has 0 radical (unpaired) electrons. The number of hydrogen-bond donors (Lipinski definition) is 1. The number of aryl methyl sites for hydroxylation is 2. The Kier molecular flexibility index (Phi) is 3.91. The molecule has 0 amide bonds. The minimum absolute atomic E-state index is 0.0320. The Bertz CT molecular complexity index is 635. The Morgan fingerprint density at radius 1 is 1.05 bits per heavy atom. The van der Waals surface area contributed by atoms with E-state index < -0.39 is 0 Å². The van der Waals surface area contributed by atoms with E-state index >= 15 is 0 Å². The number of ketones is 1. The molecule has 0 bridgehead atoms. The molecule has 0 atom stereocenters. The molecule has 2 rings (SSSR count). The normalized spacial score (nSPS) is 10.3. The van der Waals surface area contributed by atoms with Crippen molar-refractivity contribution in [2.24, 2.45) is 0 Å². The summed E-state index contributed by atoms with van der Waals surface area (Å²) < 4.78 is 0. The van der Waals surface area contributed by atoms with Gasteiger partial charge in [0.25, 0.3) is 0 Å². The third-order valence-electron chi connectivity index (χ3n) is 3.11. The molecule has 2 aromatic carbocycles. The van der Waals surface area contributed by atoms with Crippen molar-refractivity contribution in [1.82, 2.24) is 0 Å². The van der Waals surface area contributed by atoms with Crippen LogP contribution in [0.4, 0.5) is 11.4 Å². The Labute approximate surface area is 118 Å². The Morgan fingerprint density at radius 3 is 2.37 bits per heavy atom. The van der Waals surface area contributed by atoms with Crippen LogP contribution in [0.3, 0.4) is 0 Å². The zero-order valence-corrected chi connectivity index (χ0v) is 12.0. The van der Waals surface area contributed by atoms with E-state index in [0.717, 1.165) is 22.5 Å². The Balaban J connectivity index is 2.48. The van der Waals surface area contributed by atoms with Gasteiger partial charge in [-0.1, -0.05) is 35.9 Å². The van der Waals surface area contributed by atoms with Crippen molar-refractivity contribution < 1.29 is 4.79 Å². The van der Waals surface area contributed by atoms with Crippen LogP contribution < -0.4 is 5.32 Å². The van der Waals surface area contributed by atoms with Gasteiger partial charge < -0.3 is 5.32 Å². The second-order valence-corrected chi connectivity index (χ2v) is 4.99. The molecular formula is C16H16ClNO. The molecule has 3 heteroatoms. The lowest BCUT2D eigenvalue weighted by molar-refractivity contribution is 0.101. The maximum atomic E-state index is 11.6. The summed E-state index contributed by atoms with van der Waals surface area (Å²) >= 11 is 6.33. The SMILES string of the molecule is CC(=O)c1ccccc1Nc1c(C)ccc(C)c1Cl. The van der Waals surface area contributed by atoms with Crippen LogP contribution in [0.2, 0.25) is 5.02 Å². The fourth-order valence-corrected chi connectivity index (χ4v) is 2.22. The monoisotopic (exact) mass is 273 g/mol. The van der Waals surface area contributed by atoms with Crippen molar-refractivity contribution in [3.05, 3.63) is 58.1 Å². The van der Waals surface area contributed by atoms with Gasteiger partial charge in [-0.05, 0) is 44.0 Å². The molecule has 0 aliphatic carbocycles. The summed E-state index contributed by atoms with van der Waals surface area (Å²) in [5, 5.41) is 3.97. The molecule has 2 aromatic rings. The maximum Gasteiger partial charge on any atom is 0.161 e. The average Bonchev–Trinajstić information content (AvgIpc) is 2.39. The van der Waals surface area contributed by atoms with Crippen LogP contribution in [0.5, 0.6) is 0 Å². The predicted molar refractivity (Wildman–Crippen MR) is 80.7 cm³/mol. The molecule has 1 N–H and O–H groups in total. The van der Waals surface area contributed by atoms with Gasteiger partial charge in [0.2, 0.25) is 0 Å². The number of halogens is 1. The second kappa shape index (κ2) is 5.45. The molecule has 0 aromatic heterocycles. The number of benzene rings is 2. The van der Waals surface area contributed by atoms with Gasteiger partial charge in [-0.2, -0.15) is 0 Å². The number of carbonyl (C=O) groups excluding carboxylic acids is 1. The molecule has 0 fully saturated rings. The van der Waals surface area contributed by atoms with Gasteiger partial charge >= 0.3 is 0 Å². The summed E-state index contributed by atoms with van der Waals surface area (Å²) in [6.45, 7) is 5.51. The summed E-state index contributed by atoms with van der Waals surface area (Å²) in [4.78, 5) is 11.6. The molecule has 2 nitrogen and oxygen atoms in total. The van der Waals surface area contributed by atoms with E-state index in [1.807, 2.05) is 50.2 Å². The maximum absolute atomic E-state index is 11.6.